The zero-order valence-corrected chi connectivity index (χ0v) is 13.0. The molecule has 0 saturated heterocycles. The second-order valence-electron chi connectivity index (χ2n) is 5.07. The number of ether oxygens (including phenoxy) is 1. The van der Waals surface area contributed by atoms with E-state index in [1.807, 2.05) is 20.8 Å². The Morgan fingerprint density at radius 1 is 1.35 bits per heavy atom. The van der Waals surface area contributed by atoms with Crippen molar-refractivity contribution in [1.82, 2.24) is 8.87 Å². The summed E-state index contributed by atoms with van der Waals surface area (Å²) in [5.41, 5.74) is 1.99. The first kappa shape index (κ1) is 13.1. The lowest BCUT2D eigenvalue weighted by molar-refractivity contribution is 0.0241. The molecular formula is C11H15IN2O2S. The van der Waals surface area contributed by atoms with Gasteiger partial charge in [-0.1, -0.05) is 0 Å². The second kappa shape index (κ2) is 4.72. The van der Waals surface area contributed by atoms with Gasteiger partial charge in [0.2, 0.25) is 0 Å². The molecule has 2 rings (SSSR count). The molecule has 1 aliphatic rings. The normalized spacial score (nSPS) is 14.9. The number of rotatable bonds is 1. The lowest BCUT2D eigenvalue weighted by Gasteiger charge is -2.24. The van der Waals surface area contributed by atoms with E-state index in [0.29, 0.717) is 13.1 Å². The van der Waals surface area contributed by atoms with E-state index >= 15 is 0 Å². The van der Waals surface area contributed by atoms with Crippen LogP contribution in [0.3, 0.4) is 0 Å². The fourth-order valence-electron chi connectivity index (χ4n) is 1.76. The smallest absolute Gasteiger partial charge is 0.410 e. The summed E-state index contributed by atoms with van der Waals surface area (Å²) in [5.74, 6) is 0. The van der Waals surface area contributed by atoms with Gasteiger partial charge in [-0.2, -0.15) is 0 Å². The van der Waals surface area contributed by atoms with E-state index in [0.717, 1.165) is 0 Å². The Bertz CT molecular complexity index is 416. The van der Waals surface area contributed by atoms with Gasteiger partial charge < -0.3 is 4.74 Å². The molecule has 0 N–H and O–H groups in total. The molecule has 17 heavy (non-hydrogen) atoms. The maximum absolute atomic E-state index is 11.9. The number of amides is 1. The maximum atomic E-state index is 11.9. The van der Waals surface area contributed by atoms with Crippen molar-refractivity contribution in [2.24, 2.45) is 0 Å². The van der Waals surface area contributed by atoms with Crippen LogP contribution < -0.4 is 0 Å². The molecule has 1 aliphatic heterocycles. The molecule has 0 saturated carbocycles. The first-order chi connectivity index (χ1) is 7.89. The number of carbonyl (C=O) groups is 1. The van der Waals surface area contributed by atoms with Gasteiger partial charge >= 0.3 is 6.09 Å². The summed E-state index contributed by atoms with van der Waals surface area (Å²) in [6.45, 7) is 6.95. The highest BCUT2D eigenvalue weighted by Crippen LogP contribution is 2.28. The van der Waals surface area contributed by atoms with Crippen LogP contribution in [0, 0.1) is 0 Å². The molecule has 0 radical (unpaired) electrons. The van der Waals surface area contributed by atoms with E-state index < -0.39 is 5.60 Å². The van der Waals surface area contributed by atoms with Crippen LogP contribution in [0.5, 0.6) is 0 Å². The number of nitrogens with zero attached hydrogens (tertiary/aromatic N) is 2. The maximum Gasteiger partial charge on any atom is 0.410 e. The third-order valence-electron chi connectivity index (χ3n) is 2.43. The molecule has 0 unspecified atom stereocenters. The van der Waals surface area contributed by atoms with E-state index in [1.54, 1.807) is 14.0 Å². The molecule has 0 aromatic carbocycles. The molecule has 2 heterocycles. The molecule has 1 aromatic heterocycles. The molecule has 0 bridgehead atoms. The summed E-state index contributed by atoms with van der Waals surface area (Å²) in [7, 11) is 1.62. The highest BCUT2D eigenvalue weighted by Gasteiger charge is 2.28. The van der Waals surface area contributed by atoms with E-state index in [2.05, 4.69) is 37.6 Å². The van der Waals surface area contributed by atoms with Crippen molar-refractivity contribution in [2.45, 2.75) is 39.5 Å². The van der Waals surface area contributed by atoms with Crippen LogP contribution in [-0.2, 0) is 17.8 Å². The van der Waals surface area contributed by atoms with E-state index in [4.69, 9.17) is 4.74 Å². The van der Waals surface area contributed by atoms with Crippen LogP contribution in [0.2, 0.25) is 0 Å². The van der Waals surface area contributed by atoms with Crippen molar-refractivity contribution in [3.8, 4) is 0 Å². The molecule has 1 amide bonds. The van der Waals surface area contributed by atoms with Gasteiger partial charge in [-0.3, -0.25) is 8.87 Å². The van der Waals surface area contributed by atoms with E-state index in [9.17, 15) is 4.79 Å². The second-order valence-corrected chi connectivity index (χ2v) is 6.82. The Balaban J connectivity index is 2.00. The molecule has 1 aromatic rings. The summed E-state index contributed by atoms with van der Waals surface area (Å²) in [6.07, 6.45) is 3.90. The summed E-state index contributed by atoms with van der Waals surface area (Å²) in [5, 5.41) is 0. The van der Waals surface area contributed by atoms with Gasteiger partial charge in [0.25, 0.3) is 0 Å². The lowest BCUT2D eigenvalue weighted by Crippen LogP contribution is -2.33. The zero-order chi connectivity index (χ0) is 12.6. The lowest BCUT2D eigenvalue weighted by atomic mass is 10.2. The van der Waals surface area contributed by atoms with Crippen LogP contribution in [0.15, 0.2) is 12.4 Å². The molecule has 0 fully saturated rings. The Hall–Kier alpha value is -0.370. The van der Waals surface area contributed by atoms with Crippen LogP contribution in [-0.4, -0.2) is 20.6 Å². The van der Waals surface area contributed by atoms with Gasteiger partial charge in [-0.05, 0) is 31.9 Å². The topological polar surface area (TPSA) is 34.5 Å². The fraction of sp³-hybridized carbons (Fsp3) is 0.545. The Kier molecular flexibility index (Phi) is 3.63. The monoisotopic (exact) mass is 366 g/mol. The van der Waals surface area contributed by atoms with Crippen LogP contribution >= 0.6 is 30.3 Å². The number of aromatic nitrogens is 1. The molecule has 94 valence electrons. The average molecular weight is 366 g/mol. The number of halogens is 1. The molecule has 6 heteroatoms. The summed E-state index contributed by atoms with van der Waals surface area (Å²) >= 11 is 2.23. The Morgan fingerprint density at radius 3 is 2.29 bits per heavy atom. The predicted octanol–water partition coefficient (Wildman–Crippen LogP) is 3.59. The van der Waals surface area contributed by atoms with Crippen molar-refractivity contribution in [1.29, 1.82) is 0 Å². The first-order valence-corrected chi connectivity index (χ1v) is 8.67. The number of fused-ring (bicyclic) bond motifs is 1. The minimum Gasteiger partial charge on any atom is -0.444 e. The molecule has 0 spiro atoms. The van der Waals surface area contributed by atoms with Gasteiger partial charge in [0, 0.05) is 42.7 Å². The molecule has 4 nitrogen and oxygen atoms in total. The van der Waals surface area contributed by atoms with Gasteiger partial charge in [0.15, 0.2) is 0 Å². The van der Waals surface area contributed by atoms with Crippen molar-refractivity contribution >= 4 is 36.4 Å². The molecular weight excluding hydrogens is 351 g/mol. The fourth-order valence-corrected chi connectivity index (χ4v) is 2.77. The first-order valence-electron chi connectivity index (χ1n) is 5.36. The van der Waals surface area contributed by atoms with Crippen molar-refractivity contribution in [3.05, 3.63) is 23.5 Å². The zero-order valence-electron chi connectivity index (χ0n) is 10.1. The molecule has 0 atom stereocenters. The van der Waals surface area contributed by atoms with Gasteiger partial charge in [0.05, 0.1) is 13.1 Å². The summed E-state index contributed by atoms with van der Waals surface area (Å²) in [4.78, 5) is 13.6. The summed E-state index contributed by atoms with van der Waals surface area (Å²) < 4.78 is 7.41. The van der Waals surface area contributed by atoms with Gasteiger partial charge in [-0.25, -0.2) is 4.79 Å². The third kappa shape index (κ3) is 3.09. The largest absolute Gasteiger partial charge is 0.444 e. The SMILES string of the molecule is CC(C)(C)OC(=O)N1Cc2cn(SI)cc2C1. The Morgan fingerprint density at radius 2 is 1.88 bits per heavy atom. The quantitative estimate of drug-likeness (QED) is 0.713. The van der Waals surface area contributed by atoms with Crippen LogP contribution in [0.25, 0.3) is 0 Å². The standard InChI is InChI=1S/C11H15IN2O2S/c1-11(2,3)16-10(15)13-4-8-6-14(17-12)7-9(8)5-13/h6-7H,4-5H2,1-3H3. The van der Waals surface area contributed by atoms with Crippen LogP contribution in [0.1, 0.15) is 31.9 Å². The van der Waals surface area contributed by atoms with Crippen molar-refractivity contribution in [2.75, 3.05) is 0 Å². The minimum absolute atomic E-state index is 0.234. The molecule has 0 aliphatic carbocycles. The van der Waals surface area contributed by atoms with Crippen LogP contribution in [0.4, 0.5) is 4.79 Å². The average Bonchev–Trinajstić information content (AvgIpc) is 2.70. The Labute approximate surface area is 117 Å². The van der Waals surface area contributed by atoms with Gasteiger partial charge in [0.1, 0.15) is 5.60 Å². The number of hydrogen-bond donors (Lipinski definition) is 0. The predicted molar refractivity (Wildman–Crippen MR) is 76.9 cm³/mol. The summed E-state index contributed by atoms with van der Waals surface area (Å²) in [6, 6.07) is 0. The van der Waals surface area contributed by atoms with Crippen molar-refractivity contribution in [3.63, 3.8) is 0 Å². The highest BCUT2D eigenvalue weighted by molar-refractivity contribution is 14.2. The minimum atomic E-state index is -0.429. The highest BCUT2D eigenvalue weighted by atomic mass is 127. The number of hydrogen-bond acceptors (Lipinski definition) is 3. The number of carbonyl (C=O) groups excluding carboxylic acids is 1. The third-order valence-corrected chi connectivity index (χ3v) is 4.17. The van der Waals surface area contributed by atoms with E-state index in [-0.39, 0.29) is 6.09 Å². The van der Waals surface area contributed by atoms with E-state index in [1.165, 1.54) is 11.1 Å². The van der Waals surface area contributed by atoms with Gasteiger partial charge in [-0.15, -0.1) is 0 Å². The van der Waals surface area contributed by atoms with Crippen molar-refractivity contribution < 1.29 is 9.53 Å².